The molecule has 2 unspecified atom stereocenters. The lowest BCUT2D eigenvalue weighted by molar-refractivity contribution is 0.165. The number of phenols is 1. The quantitative estimate of drug-likeness (QED) is 0.578. The highest BCUT2D eigenvalue weighted by Gasteiger charge is 2.14. The lowest BCUT2D eigenvalue weighted by Gasteiger charge is -2.18. The summed E-state index contributed by atoms with van der Waals surface area (Å²) in [6, 6.07) is 12.0. The number of aliphatic hydroxyl groups excluding tert-OH is 1. The number of halogens is 1. The number of aryl methyl sites for hydroxylation is 1. The predicted octanol–water partition coefficient (Wildman–Crippen LogP) is 3.37. The molecule has 5 nitrogen and oxygen atoms in total. The zero-order valence-electron chi connectivity index (χ0n) is 14.8. The summed E-state index contributed by atoms with van der Waals surface area (Å²) >= 11 is 0. The van der Waals surface area contributed by atoms with Crippen LogP contribution < -0.4 is 5.32 Å². The van der Waals surface area contributed by atoms with Crippen LogP contribution in [0.25, 0.3) is 11.0 Å². The van der Waals surface area contributed by atoms with Crippen LogP contribution in [0.1, 0.15) is 31.4 Å². The number of hydrogen-bond acceptors (Lipinski definition) is 4. The van der Waals surface area contributed by atoms with Gasteiger partial charge in [-0.3, -0.25) is 0 Å². The van der Waals surface area contributed by atoms with E-state index in [2.05, 4.69) is 20.9 Å². The largest absolute Gasteiger partial charge is 0.508 e. The predicted molar refractivity (Wildman–Crippen MR) is 99.5 cm³/mol. The Balaban J connectivity index is 1.44. The summed E-state index contributed by atoms with van der Waals surface area (Å²) < 4.78 is 15.9. The topological polar surface area (TPSA) is 70.3 Å². The SMILES string of the molecule is CC(CCCn1cnc2ccccc21)NCC(O)c1ccc(O)cc1F. The second-order valence-electron chi connectivity index (χ2n) is 6.60. The molecular formula is C20H24FN3O2. The minimum atomic E-state index is -0.948. The van der Waals surface area contributed by atoms with E-state index in [0.29, 0.717) is 0 Å². The van der Waals surface area contributed by atoms with Crippen molar-refractivity contribution in [2.45, 2.75) is 38.5 Å². The maximum absolute atomic E-state index is 13.8. The Kier molecular flexibility index (Phi) is 5.85. The van der Waals surface area contributed by atoms with Crippen LogP contribution in [-0.2, 0) is 6.54 Å². The van der Waals surface area contributed by atoms with Gasteiger partial charge >= 0.3 is 0 Å². The Morgan fingerprint density at radius 1 is 1.23 bits per heavy atom. The monoisotopic (exact) mass is 357 g/mol. The smallest absolute Gasteiger partial charge is 0.132 e. The van der Waals surface area contributed by atoms with E-state index in [1.165, 1.54) is 12.1 Å². The van der Waals surface area contributed by atoms with Gasteiger partial charge in [0, 0.05) is 30.8 Å². The average Bonchev–Trinajstić information content (AvgIpc) is 3.03. The van der Waals surface area contributed by atoms with E-state index in [1.807, 2.05) is 31.5 Å². The number of imidazole rings is 1. The maximum atomic E-state index is 13.8. The first-order valence-electron chi connectivity index (χ1n) is 8.84. The third-order valence-corrected chi connectivity index (χ3v) is 4.57. The molecule has 0 bridgehead atoms. The third-order valence-electron chi connectivity index (χ3n) is 4.57. The van der Waals surface area contributed by atoms with Gasteiger partial charge in [0.25, 0.3) is 0 Å². The van der Waals surface area contributed by atoms with Crippen molar-refractivity contribution in [2.24, 2.45) is 0 Å². The minimum Gasteiger partial charge on any atom is -0.508 e. The molecule has 138 valence electrons. The van der Waals surface area contributed by atoms with Crippen LogP contribution in [0.2, 0.25) is 0 Å². The second kappa shape index (κ2) is 8.29. The van der Waals surface area contributed by atoms with Crippen molar-refractivity contribution in [3.05, 3.63) is 60.2 Å². The van der Waals surface area contributed by atoms with E-state index in [-0.39, 0.29) is 23.9 Å². The highest BCUT2D eigenvalue weighted by atomic mass is 19.1. The summed E-state index contributed by atoms with van der Waals surface area (Å²) in [6.07, 6.45) is 2.81. The fourth-order valence-corrected chi connectivity index (χ4v) is 3.07. The fourth-order valence-electron chi connectivity index (χ4n) is 3.07. The lowest BCUT2D eigenvalue weighted by atomic mass is 10.1. The van der Waals surface area contributed by atoms with Gasteiger partial charge in [0.15, 0.2) is 0 Å². The first-order valence-corrected chi connectivity index (χ1v) is 8.84. The Bertz CT molecular complexity index is 865. The molecule has 2 atom stereocenters. The van der Waals surface area contributed by atoms with Crippen LogP contribution in [0.15, 0.2) is 48.8 Å². The summed E-state index contributed by atoms with van der Waals surface area (Å²) in [5, 5.41) is 22.6. The Labute approximate surface area is 152 Å². The summed E-state index contributed by atoms with van der Waals surface area (Å²) in [5.41, 5.74) is 2.32. The Morgan fingerprint density at radius 3 is 2.85 bits per heavy atom. The number of phenolic OH excluding ortho intramolecular Hbond substituents is 1. The van der Waals surface area contributed by atoms with Crippen molar-refractivity contribution in [1.29, 1.82) is 0 Å². The molecule has 3 N–H and O–H groups in total. The van der Waals surface area contributed by atoms with Crippen molar-refractivity contribution < 1.29 is 14.6 Å². The van der Waals surface area contributed by atoms with Crippen LogP contribution in [0.3, 0.4) is 0 Å². The first-order chi connectivity index (χ1) is 12.5. The molecule has 0 aliphatic heterocycles. The number of para-hydroxylation sites is 2. The van der Waals surface area contributed by atoms with Crippen molar-refractivity contribution in [3.8, 4) is 5.75 Å². The van der Waals surface area contributed by atoms with E-state index in [0.717, 1.165) is 36.5 Å². The summed E-state index contributed by atoms with van der Waals surface area (Å²) in [5.74, 6) is -0.745. The summed E-state index contributed by atoms with van der Waals surface area (Å²) in [6.45, 7) is 3.18. The zero-order valence-corrected chi connectivity index (χ0v) is 14.8. The number of aliphatic hydroxyl groups is 1. The molecule has 0 spiro atoms. The summed E-state index contributed by atoms with van der Waals surface area (Å²) in [7, 11) is 0. The molecule has 0 amide bonds. The third kappa shape index (κ3) is 4.39. The van der Waals surface area contributed by atoms with Crippen LogP contribution in [0.4, 0.5) is 4.39 Å². The highest BCUT2D eigenvalue weighted by molar-refractivity contribution is 5.74. The van der Waals surface area contributed by atoms with E-state index in [4.69, 9.17) is 0 Å². The van der Waals surface area contributed by atoms with Crippen LogP contribution in [0, 0.1) is 5.82 Å². The van der Waals surface area contributed by atoms with Gasteiger partial charge in [0.1, 0.15) is 11.6 Å². The van der Waals surface area contributed by atoms with Crippen molar-refractivity contribution in [1.82, 2.24) is 14.9 Å². The molecule has 1 aromatic heterocycles. The minimum absolute atomic E-state index is 0.146. The fraction of sp³-hybridized carbons (Fsp3) is 0.350. The number of nitrogens with zero attached hydrogens (tertiary/aromatic N) is 2. The molecule has 0 aliphatic rings. The number of fused-ring (bicyclic) bond motifs is 1. The van der Waals surface area contributed by atoms with E-state index < -0.39 is 11.9 Å². The number of aromatic nitrogens is 2. The molecule has 0 fully saturated rings. The molecule has 0 radical (unpaired) electrons. The lowest BCUT2D eigenvalue weighted by Crippen LogP contribution is -2.30. The van der Waals surface area contributed by atoms with E-state index in [9.17, 15) is 14.6 Å². The van der Waals surface area contributed by atoms with Gasteiger partial charge in [-0.05, 0) is 44.0 Å². The molecule has 3 aromatic rings. The zero-order chi connectivity index (χ0) is 18.5. The van der Waals surface area contributed by atoms with Gasteiger partial charge in [-0.2, -0.15) is 0 Å². The number of benzene rings is 2. The van der Waals surface area contributed by atoms with Gasteiger partial charge in [-0.15, -0.1) is 0 Å². The molecule has 2 aromatic carbocycles. The molecule has 26 heavy (non-hydrogen) atoms. The van der Waals surface area contributed by atoms with Crippen LogP contribution >= 0.6 is 0 Å². The van der Waals surface area contributed by atoms with Crippen LogP contribution in [0.5, 0.6) is 5.75 Å². The van der Waals surface area contributed by atoms with Gasteiger partial charge in [0.05, 0.1) is 23.5 Å². The van der Waals surface area contributed by atoms with Gasteiger partial charge in [-0.25, -0.2) is 9.37 Å². The molecule has 3 rings (SSSR count). The van der Waals surface area contributed by atoms with Gasteiger partial charge < -0.3 is 20.1 Å². The molecule has 6 heteroatoms. The van der Waals surface area contributed by atoms with Crippen molar-refractivity contribution in [3.63, 3.8) is 0 Å². The standard InChI is InChI=1S/C20H24FN3O2/c1-14(22-12-20(26)16-9-8-15(25)11-17(16)21)5-4-10-24-13-23-18-6-2-3-7-19(18)24/h2-3,6-9,11,13-14,20,22,25-26H,4-5,10,12H2,1H3. The first kappa shape index (κ1) is 18.4. The Morgan fingerprint density at radius 2 is 2.04 bits per heavy atom. The number of rotatable bonds is 8. The number of aromatic hydroxyl groups is 1. The Hall–Kier alpha value is -2.44. The molecule has 1 heterocycles. The van der Waals surface area contributed by atoms with Crippen molar-refractivity contribution >= 4 is 11.0 Å². The van der Waals surface area contributed by atoms with Gasteiger partial charge in [0.2, 0.25) is 0 Å². The number of nitrogens with one attached hydrogen (secondary N) is 1. The normalized spacial score (nSPS) is 13.8. The van der Waals surface area contributed by atoms with E-state index in [1.54, 1.807) is 0 Å². The molecule has 0 aliphatic carbocycles. The maximum Gasteiger partial charge on any atom is 0.132 e. The van der Waals surface area contributed by atoms with Gasteiger partial charge in [-0.1, -0.05) is 12.1 Å². The van der Waals surface area contributed by atoms with Crippen molar-refractivity contribution in [2.75, 3.05) is 6.54 Å². The highest BCUT2D eigenvalue weighted by Crippen LogP contribution is 2.21. The summed E-state index contributed by atoms with van der Waals surface area (Å²) in [4.78, 5) is 4.38. The average molecular weight is 357 g/mol. The molecular weight excluding hydrogens is 333 g/mol. The molecule has 0 saturated heterocycles. The molecule has 0 saturated carbocycles. The van der Waals surface area contributed by atoms with E-state index >= 15 is 0 Å². The number of hydrogen-bond donors (Lipinski definition) is 3. The second-order valence-corrected chi connectivity index (χ2v) is 6.60. The van der Waals surface area contributed by atoms with Crippen LogP contribution in [-0.4, -0.2) is 32.4 Å².